The Hall–Kier alpha value is -3.13. The SMILES string of the molecule is COc1ccc(C[C@H]2CO[C@H](c3cc(OC)c(OC)c(OC)c3)[C@@H]2CCCCC(=O)O)cc1OC. The van der Waals surface area contributed by atoms with Crippen molar-refractivity contribution in [2.75, 3.05) is 42.2 Å². The maximum Gasteiger partial charge on any atom is 0.303 e. The summed E-state index contributed by atoms with van der Waals surface area (Å²) in [6.07, 6.45) is 3.11. The molecule has 0 spiro atoms. The van der Waals surface area contributed by atoms with Crippen LogP contribution in [0.3, 0.4) is 0 Å². The van der Waals surface area contributed by atoms with Gasteiger partial charge in [0.15, 0.2) is 23.0 Å². The highest BCUT2D eigenvalue weighted by Crippen LogP contribution is 2.47. The molecule has 192 valence electrons. The average molecular weight is 489 g/mol. The summed E-state index contributed by atoms with van der Waals surface area (Å²) in [6.45, 7) is 0.596. The number of ether oxygens (including phenoxy) is 6. The van der Waals surface area contributed by atoms with Gasteiger partial charge in [0.2, 0.25) is 5.75 Å². The van der Waals surface area contributed by atoms with Gasteiger partial charge in [-0.1, -0.05) is 12.5 Å². The zero-order valence-corrected chi connectivity index (χ0v) is 21.2. The topological polar surface area (TPSA) is 92.7 Å². The van der Waals surface area contributed by atoms with Crippen LogP contribution in [-0.4, -0.2) is 53.2 Å². The van der Waals surface area contributed by atoms with Crippen molar-refractivity contribution in [2.24, 2.45) is 11.8 Å². The molecule has 0 radical (unpaired) electrons. The van der Waals surface area contributed by atoms with E-state index in [2.05, 4.69) is 6.07 Å². The third-order valence-corrected chi connectivity index (χ3v) is 6.62. The monoisotopic (exact) mass is 488 g/mol. The molecule has 1 heterocycles. The Morgan fingerprint density at radius 2 is 1.54 bits per heavy atom. The maximum atomic E-state index is 11.0. The average Bonchev–Trinajstić information content (AvgIpc) is 3.27. The van der Waals surface area contributed by atoms with E-state index in [4.69, 9.17) is 33.5 Å². The molecule has 0 aliphatic carbocycles. The first-order chi connectivity index (χ1) is 16.9. The van der Waals surface area contributed by atoms with Crippen molar-refractivity contribution in [3.8, 4) is 28.7 Å². The molecule has 0 saturated carbocycles. The second-order valence-corrected chi connectivity index (χ2v) is 8.67. The number of aliphatic carboxylic acids is 1. The lowest BCUT2D eigenvalue weighted by molar-refractivity contribution is -0.137. The summed E-state index contributed by atoms with van der Waals surface area (Å²) in [6, 6.07) is 9.86. The van der Waals surface area contributed by atoms with Crippen molar-refractivity contribution in [3.63, 3.8) is 0 Å². The van der Waals surface area contributed by atoms with E-state index in [-0.39, 0.29) is 24.4 Å². The van der Waals surface area contributed by atoms with Crippen molar-refractivity contribution in [2.45, 2.75) is 38.2 Å². The predicted molar refractivity (Wildman–Crippen MR) is 131 cm³/mol. The Bertz CT molecular complexity index is 964. The zero-order chi connectivity index (χ0) is 25.4. The Kier molecular flexibility index (Phi) is 9.48. The second kappa shape index (κ2) is 12.5. The van der Waals surface area contributed by atoms with Crippen molar-refractivity contribution < 1.29 is 38.3 Å². The number of hydrogen-bond donors (Lipinski definition) is 1. The molecule has 2 aromatic carbocycles. The van der Waals surface area contributed by atoms with Crippen LogP contribution in [0.2, 0.25) is 0 Å². The van der Waals surface area contributed by atoms with Crippen LogP contribution in [0.1, 0.15) is 42.9 Å². The van der Waals surface area contributed by atoms with Gasteiger partial charge in [0.25, 0.3) is 0 Å². The van der Waals surface area contributed by atoms with E-state index >= 15 is 0 Å². The summed E-state index contributed by atoms with van der Waals surface area (Å²) < 4.78 is 33.8. The zero-order valence-electron chi connectivity index (χ0n) is 21.2. The normalized spacial score (nSPS) is 19.3. The first kappa shape index (κ1) is 26.5. The molecule has 1 fully saturated rings. The van der Waals surface area contributed by atoms with Gasteiger partial charge in [-0.25, -0.2) is 0 Å². The molecule has 3 rings (SSSR count). The highest BCUT2D eigenvalue weighted by molar-refractivity contribution is 5.66. The van der Waals surface area contributed by atoms with E-state index in [9.17, 15) is 4.79 Å². The lowest BCUT2D eigenvalue weighted by atomic mass is 9.80. The molecule has 1 aliphatic heterocycles. The molecule has 2 aromatic rings. The minimum atomic E-state index is -0.768. The number of carbonyl (C=O) groups is 1. The van der Waals surface area contributed by atoms with Crippen LogP contribution in [0.15, 0.2) is 30.3 Å². The fourth-order valence-corrected chi connectivity index (χ4v) is 4.89. The first-order valence-electron chi connectivity index (χ1n) is 11.8. The van der Waals surface area contributed by atoms with E-state index < -0.39 is 5.97 Å². The quantitative estimate of drug-likeness (QED) is 0.397. The van der Waals surface area contributed by atoms with E-state index in [0.29, 0.717) is 41.8 Å². The smallest absolute Gasteiger partial charge is 0.303 e. The van der Waals surface area contributed by atoms with Crippen molar-refractivity contribution >= 4 is 5.97 Å². The summed E-state index contributed by atoms with van der Waals surface area (Å²) in [5, 5.41) is 9.05. The minimum absolute atomic E-state index is 0.168. The molecule has 3 atom stereocenters. The summed E-state index contributed by atoms with van der Waals surface area (Å²) in [5.41, 5.74) is 2.09. The van der Waals surface area contributed by atoms with Gasteiger partial charge in [0.1, 0.15) is 0 Å². The maximum absolute atomic E-state index is 11.0. The molecule has 0 unspecified atom stereocenters. The highest BCUT2D eigenvalue weighted by Gasteiger charge is 2.38. The molecular formula is C27H36O8. The summed E-state index contributed by atoms with van der Waals surface area (Å²) in [5.74, 6) is 2.77. The Labute approximate surface area is 207 Å². The predicted octanol–water partition coefficient (Wildman–Crippen LogP) is 4.92. The van der Waals surface area contributed by atoms with Gasteiger partial charge in [-0.15, -0.1) is 0 Å². The summed E-state index contributed by atoms with van der Waals surface area (Å²) >= 11 is 0. The van der Waals surface area contributed by atoms with Gasteiger partial charge in [-0.3, -0.25) is 4.79 Å². The summed E-state index contributed by atoms with van der Waals surface area (Å²) in [7, 11) is 8.03. The van der Waals surface area contributed by atoms with Crippen molar-refractivity contribution in [1.29, 1.82) is 0 Å². The Morgan fingerprint density at radius 3 is 2.11 bits per heavy atom. The number of methoxy groups -OCH3 is 5. The molecule has 0 aromatic heterocycles. The van der Waals surface area contributed by atoms with E-state index in [1.807, 2.05) is 24.3 Å². The number of unbranched alkanes of at least 4 members (excludes halogenated alkanes) is 1. The van der Waals surface area contributed by atoms with Gasteiger partial charge in [-0.05, 0) is 66.5 Å². The Balaban J connectivity index is 1.88. The number of carboxylic acid groups (broad SMARTS) is 1. The summed E-state index contributed by atoms with van der Waals surface area (Å²) in [4.78, 5) is 11.0. The van der Waals surface area contributed by atoms with Crippen molar-refractivity contribution in [3.05, 3.63) is 41.5 Å². The molecule has 1 saturated heterocycles. The molecule has 1 N–H and O–H groups in total. The van der Waals surface area contributed by atoms with Gasteiger partial charge in [0.05, 0.1) is 48.3 Å². The largest absolute Gasteiger partial charge is 0.493 e. The van der Waals surface area contributed by atoms with Crippen LogP contribution in [0, 0.1) is 11.8 Å². The van der Waals surface area contributed by atoms with Crippen LogP contribution in [0.4, 0.5) is 0 Å². The van der Waals surface area contributed by atoms with Crippen molar-refractivity contribution in [1.82, 2.24) is 0 Å². The Morgan fingerprint density at radius 1 is 0.886 bits per heavy atom. The molecule has 8 nitrogen and oxygen atoms in total. The third-order valence-electron chi connectivity index (χ3n) is 6.62. The molecule has 0 bridgehead atoms. The van der Waals surface area contributed by atoms with Crippen LogP contribution in [0.5, 0.6) is 28.7 Å². The number of rotatable bonds is 13. The van der Waals surface area contributed by atoms with E-state index in [1.54, 1.807) is 35.5 Å². The molecular weight excluding hydrogens is 452 g/mol. The molecule has 1 aliphatic rings. The number of carboxylic acids is 1. The first-order valence-corrected chi connectivity index (χ1v) is 11.8. The highest BCUT2D eigenvalue weighted by atomic mass is 16.5. The van der Waals surface area contributed by atoms with Crippen LogP contribution in [0.25, 0.3) is 0 Å². The lowest BCUT2D eigenvalue weighted by Gasteiger charge is -2.25. The second-order valence-electron chi connectivity index (χ2n) is 8.67. The number of hydrogen-bond acceptors (Lipinski definition) is 7. The third kappa shape index (κ3) is 6.31. The molecule has 35 heavy (non-hydrogen) atoms. The fourth-order valence-electron chi connectivity index (χ4n) is 4.89. The molecule has 0 amide bonds. The molecule has 8 heteroatoms. The number of benzene rings is 2. The van der Waals surface area contributed by atoms with Crippen LogP contribution in [-0.2, 0) is 16.0 Å². The fraction of sp³-hybridized carbons (Fsp3) is 0.519. The van der Waals surface area contributed by atoms with E-state index in [1.165, 1.54) is 0 Å². The van der Waals surface area contributed by atoms with Gasteiger partial charge >= 0.3 is 5.97 Å². The standard InChI is InChI=1S/C27H36O8/c1-30-21-11-10-17(13-22(21)31-2)12-19-16-35-26(20(19)8-6-7-9-25(28)29)18-14-23(32-3)27(34-5)24(15-18)33-4/h10-11,13-15,19-20,26H,6-9,12,16H2,1-5H3,(H,28,29)/t19-,20+,26+/m0/s1. The van der Waals surface area contributed by atoms with Gasteiger partial charge in [0, 0.05) is 6.42 Å². The van der Waals surface area contributed by atoms with Crippen LogP contribution < -0.4 is 23.7 Å². The lowest BCUT2D eigenvalue weighted by Crippen LogP contribution is -2.18. The minimum Gasteiger partial charge on any atom is -0.493 e. The van der Waals surface area contributed by atoms with E-state index in [0.717, 1.165) is 30.4 Å². The van der Waals surface area contributed by atoms with Gasteiger partial charge in [-0.2, -0.15) is 0 Å². The van der Waals surface area contributed by atoms with Gasteiger partial charge < -0.3 is 33.5 Å². The van der Waals surface area contributed by atoms with Crippen LogP contribution >= 0.6 is 0 Å².